The van der Waals surface area contributed by atoms with Gasteiger partial charge in [-0.1, -0.05) is 11.6 Å². The number of nitrogens with zero attached hydrogens (tertiary/aromatic N) is 1. The number of benzene rings is 2. The zero-order valence-corrected chi connectivity index (χ0v) is 12.4. The number of anilines is 1. The Morgan fingerprint density at radius 2 is 1.75 bits per heavy atom. The van der Waals surface area contributed by atoms with Crippen LogP contribution in [0.1, 0.15) is 15.9 Å². The molecule has 0 aromatic heterocycles. The van der Waals surface area contributed by atoms with E-state index in [1.165, 1.54) is 24.3 Å². The molecule has 0 unspecified atom stereocenters. The number of carbonyl (C=O) groups is 1. The molecular weight excluding hydrogens is 353 g/mol. The van der Waals surface area contributed by atoms with Crippen LogP contribution in [0.15, 0.2) is 36.4 Å². The summed E-state index contributed by atoms with van der Waals surface area (Å²) < 4.78 is 38.3. The molecule has 0 saturated carbocycles. The Hall–Kier alpha value is -2.81. The van der Waals surface area contributed by atoms with E-state index >= 15 is 0 Å². The van der Waals surface area contributed by atoms with Gasteiger partial charge in [0, 0.05) is 10.7 Å². The molecule has 0 aliphatic rings. The average Bonchev–Trinajstić information content (AvgIpc) is 2.47. The Labute approximate surface area is 137 Å². The summed E-state index contributed by atoms with van der Waals surface area (Å²) in [6.45, 7) is 0. The minimum atomic E-state index is -5.05. The Bertz CT molecular complexity index is 807. The van der Waals surface area contributed by atoms with Crippen molar-refractivity contribution < 1.29 is 28.0 Å². The van der Waals surface area contributed by atoms with E-state index in [0.29, 0.717) is 17.2 Å². The van der Waals surface area contributed by atoms with Crippen molar-refractivity contribution in [3.05, 3.63) is 62.7 Å². The molecule has 0 saturated heterocycles. The molecule has 0 bridgehead atoms. The number of phenols is 1. The fourth-order valence-corrected chi connectivity index (χ4v) is 2.03. The average molecular weight is 361 g/mol. The van der Waals surface area contributed by atoms with Crippen LogP contribution in [0.3, 0.4) is 0 Å². The molecule has 2 N–H and O–H groups in total. The van der Waals surface area contributed by atoms with Crippen LogP contribution in [-0.4, -0.2) is 15.9 Å². The lowest BCUT2D eigenvalue weighted by atomic mass is 10.1. The molecule has 1 amide bonds. The van der Waals surface area contributed by atoms with Crippen molar-refractivity contribution in [3.8, 4) is 5.75 Å². The second-order valence-electron chi connectivity index (χ2n) is 4.57. The molecule has 2 aromatic rings. The van der Waals surface area contributed by atoms with Gasteiger partial charge < -0.3 is 10.4 Å². The van der Waals surface area contributed by atoms with Gasteiger partial charge >= 0.3 is 11.9 Å². The number of aromatic hydroxyl groups is 1. The minimum absolute atomic E-state index is 0.242. The van der Waals surface area contributed by atoms with E-state index in [1.54, 1.807) is 0 Å². The number of hydrogen-bond donors (Lipinski definition) is 2. The third-order valence-corrected chi connectivity index (χ3v) is 3.24. The Balaban J connectivity index is 2.44. The smallest absolute Gasteiger partial charge is 0.423 e. The first-order valence-electron chi connectivity index (χ1n) is 6.25. The first kappa shape index (κ1) is 17.5. The number of alkyl halides is 3. The quantitative estimate of drug-likeness (QED) is 0.633. The van der Waals surface area contributed by atoms with Crippen LogP contribution in [0.5, 0.6) is 5.75 Å². The summed E-state index contributed by atoms with van der Waals surface area (Å²) in [7, 11) is 0. The highest BCUT2D eigenvalue weighted by atomic mass is 35.5. The van der Waals surface area contributed by atoms with Crippen LogP contribution in [0.2, 0.25) is 5.02 Å². The van der Waals surface area contributed by atoms with Gasteiger partial charge in [0.05, 0.1) is 10.5 Å². The number of carbonyl (C=O) groups excluding carboxylic acids is 1. The molecule has 0 spiro atoms. The van der Waals surface area contributed by atoms with E-state index in [0.717, 1.165) is 0 Å². The van der Waals surface area contributed by atoms with Gasteiger partial charge in [0.2, 0.25) is 5.75 Å². The van der Waals surface area contributed by atoms with Crippen LogP contribution < -0.4 is 5.32 Å². The van der Waals surface area contributed by atoms with E-state index in [-0.39, 0.29) is 5.69 Å². The molecule has 0 aliphatic heterocycles. The highest BCUT2D eigenvalue weighted by Gasteiger charge is 2.41. The summed E-state index contributed by atoms with van der Waals surface area (Å²) in [4.78, 5) is 21.5. The number of amides is 1. The standard InChI is InChI=1S/C14H8ClF3N2O4/c15-7-1-3-8(4-2-7)19-13(22)9-5-6-10(14(16,17)18)11(12(9)21)20(23)24/h1-6,21H,(H,19,22). The fourth-order valence-electron chi connectivity index (χ4n) is 1.91. The van der Waals surface area contributed by atoms with Gasteiger partial charge in [0.15, 0.2) is 0 Å². The molecular formula is C14H8ClF3N2O4. The lowest BCUT2D eigenvalue weighted by Gasteiger charge is -2.11. The predicted molar refractivity (Wildman–Crippen MR) is 79.2 cm³/mol. The first-order chi connectivity index (χ1) is 11.1. The molecule has 0 aliphatic carbocycles. The number of phenolic OH excluding ortho intramolecular Hbond substituents is 1. The van der Waals surface area contributed by atoms with Crippen molar-refractivity contribution in [1.82, 2.24) is 0 Å². The van der Waals surface area contributed by atoms with Crippen LogP contribution in [0.4, 0.5) is 24.5 Å². The molecule has 2 rings (SSSR count). The van der Waals surface area contributed by atoms with Gasteiger partial charge in [0.25, 0.3) is 5.91 Å². The molecule has 0 radical (unpaired) electrons. The van der Waals surface area contributed by atoms with E-state index in [9.17, 15) is 33.2 Å². The number of nitrogens with one attached hydrogen (secondary N) is 1. The van der Waals surface area contributed by atoms with Gasteiger partial charge in [-0.3, -0.25) is 14.9 Å². The lowest BCUT2D eigenvalue weighted by molar-refractivity contribution is -0.389. The maximum atomic E-state index is 12.8. The Morgan fingerprint density at radius 1 is 1.17 bits per heavy atom. The number of nitro benzene ring substituents is 1. The highest BCUT2D eigenvalue weighted by Crippen LogP contribution is 2.42. The minimum Gasteiger partial charge on any atom is -0.502 e. The zero-order chi connectivity index (χ0) is 18.1. The number of nitro groups is 1. The first-order valence-corrected chi connectivity index (χ1v) is 6.63. The van der Waals surface area contributed by atoms with Gasteiger partial charge in [-0.15, -0.1) is 0 Å². The molecule has 24 heavy (non-hydrogen) atoms. The lowest BCUT2D eigenvalue weighted by Crippen LogP contribution is -2.15. The molecule has 6 nitrogen and oxygen atoms in total. The largest absolute Gasteiger partial charge is 0.502 e. The van der Waals surface area contributed by atoms with Gasteiger partial charge in [-0.2, -0.15) is 13.2 Å². The van der Waals surface area contributed by atoms with Crippen LogP contribution in [0, 0.1) is 10.1 Å². The molecule has 10 heteroatoms. The highest BCUT2D eigenvalue weighted by molar-refractivity contribution is 6.30. The summed E-state index contributed by atoms with van der Waals surface area (Å²) >= 11 is 5.67. The fraction of sp³-hybridized carbons (Fsp3) is 0.0714. The number of hydrogen-bond acceptors (Lipinski definition) is 4. The summed E-state index contributed by atoms with van der Waals surface area (Å²) in [6, 6.07) is 6.76. The normalized spacial score (nSPS) is 11.2. The second-order valence-corrected chi connectivity index (χ2v) is 5.01. The molecule has 0 atom stereocenters. The van der Waals surface area contributed by atoms with E-state index in [2.05, 4.69) is 5.32 Å². The topological polar surface area (TPSA) is 92.5 Å². The number of halogens is 4. The van der Waals surface area contributed by atoms with Crippen molar-refractivity contribution in [2.45, 2.75) is 6.18 Å². The van der Waals surface area contributed by atoms with Crippen LogP contribution in [-0.2, 0) is 6.18 Å². The summed E-state index contributed by atoms with van der Waals surface area (Å²) in [5.74, 6) is -2.37. The Morgan fingerprint density at radius 3 is 2.25 bits per heavy atom. The maximum absolute atomic E-state index is 12.8. The van der Waals surface area contributed by atoms with Crippen LogP contribution >= 0.6 is 11.6 Å². The SMILES string of the molecule is O=C(Nc1ccc(Cl)cc1)c1ccc(C(F)(F)F)c([N+](=O)[O-])c1O. The van der Waals surface area contributed by atoms with Gasteiger partial charge in [-0.25, -0.2) is 0 Å². The third kappa shape index (κ3) is 3.57. The van der Waals surface area contributed by atoms with E-state index in [4.69, 9.17) is 11.6 Å². The number of rotatable bonds is 3. The Kier molecular flexibility index (Phi) is 4.65. The molecule has 2 aromatic carbocycles. The summed E-state index contributed by atoms with van der Waals surface area (Å²) in [5.41, 5.74) is -3.64. The molecule has 126 valence electrons. The molecule has 0 heterocycles. The van der Waals surface area contributed by atoms with Crippen molar-refractivity contribution in [1.29, 1.82) is 0 Å². The van der Waals surface area contributed by atoms with E-state index in [1.807, 2.05) is 0 Å². The second kappa shape index (κ2) is 6.36. The van der Waals surface area contributed by atoms with Crippen molar-refractivity contribution in [3.63, 3.8) is 0 Å². The van der Waals surface area contributed by atoms with Gasteiger partial charge in [0.1, 0.15) is 5.56 Å². The van der Waals surface area contributed by atoms with Crippen molar-refractivity contribution >= 4 is 28.9 Å². The predicted octanol–water partition coefficient (Wildman–Crippen LogP) is 4.22. The van der Waals surface area contributed by atoms with Crippen molar-refractivity contribution in [2.24, 2.45) is 0 Å². The van der Waals surface area contributed by atoms with Gasteiger partial charge in [-0.05, 0) is 36.4 Å². The van der Waals surface area contributed by atoms with Crippen molar-refractivity contribution in [2.75, 3.05) is 5.32 Å². The van der Waals surface area contributed by atoms with E-state index < -0.39 is 39.6 Å². The van der Waals surface area contributed by atoms with Crippen LogP contribution in [0.25, 0.3) is 0 Å². The summed E-state index contributed by atoms with van der Waals surface area (Å²) in [6.07, 6.45) is -5.05. The molecule has 0 fully saturated rings. The zero-order valence-electron chi connectivity index (χ0n) is 11.6. The monoisotopic (exact) mass is 360 g/mol. The third-order valence-electron chi connectivity index (χ3n) is 2.99. The maximum Gasteiger partial charge on any atom is 0.423 e. The summed E-state index contributed by atoms with van der Waals surface area (Å²) in [5, 5.41) is 23.3.